The molecule has 0 unspecified atom stereocenters. The van der Waals surface area contributed by atoms with Crippen molar-refractivity contribution in [1.82, 2.24) is 19.9 Å². The Balaban J connectivity index is 1.41. The number of rotatable bonds is 7. The number of fused-ring (bicyclic) bond motifs is 1. The first-order valence-electron chi connectivity index (χ1n) is 9.78. The van der Waals surface area contributed by atoms with Gasteiger partial charge in [-0.15, -0.1) is 0 Å². The van der Waals surface area contributed by atoms with Gasteiger partial charge < -0.3 is 14.3 Å². The van der Waals surface area contributed by atoms with Crippen LogP contribution in [0, 0.1) is 6.92 Å². The molecule has 0 saturated carbocycles. The van der Waals surface area contributed by atoms with Crippen LogP contribution in [0.2, 0.25) is 0 Å². The number of nitrogens with one attached hydrogen (secondary N) is 1. The lowest BCUT2D eigenvalue weighted by Gasteiger charge is -2.15. The van der Waals surface area contributed by atoms with Crippen molar-refractivity contribution in [3.63, 3.8) is 0 Å². The van der Waals surface area contributed by atoms with Crippen LogP contribution in [0.5, 0.6) is 0 Å². The number of carbonyl (C=O) groups excluding carboxylic acids is 1. The first-order valence-corrected chi connectivity index (χ1v) is 9.78. The van der Waals surface area contributed by atoms with Gasteiger partial charge in [0.1, 0.15) is 11.3 Å². The van der Waals surface area contributed by atoms with Crippen molar-refractivity contribution in [3.05, 3.63) is 83.3 Å². The Morgan fingerprint density at radius 2 is 1.97 bits per heavy atom. The molecule has 0 bridgehead atoms. The number of aryl methyl sites for hydroxylation is 3. The molecule has 0 aliphatic heterocycles. The maximum atomic E-state index is 12.8. The number of nitrogens with zero attached hydrogens (tertiary/aromatic N) is 3. The molecule has 0 atom stereocenters. The Bertz CT molecular complexity index is 1110. The third-order valence-corrected chi connectivity index (χ3v) is 4.87. The zero-order valence-electron chi connectivity index (χ0n) is 16.7. The topological polar surface area (TPSA) is 75.0 Å². The summed E-state index contributed by atoms with van der Waals surface area (Å²) in [5.41, 5.74) is 4.30. The van der Waals surface area contributed by atoms with Crippen LogP contribution in [0.1, 0.15) is 39.8 Å². The van der Waals surface area contributed by atoms with Gasteiger partial charge in [0, 0.05) is 30.9 Å². The summed E-state index contributed by atoms with van der Waals surface area (Å²) in [6, 6.07) is 15.8. The van der Waals surface area contributed by atoms with Crippen molar-refractivity contribution in [2.24, 2.45) is 0 Å². The van der Waals surface area contributed by atoms with E-state index >= 15 is 0 Å². The van der Waals surface area contributed by atoms with Crippen LogP contribution < -0.4 is 0 Å². The average Bonchev–Trinajstić information content (AvgIpc) is 3.32. The highest BCUT2D eigenvalue weighted by atomic mass is 16.3. The summed E-state index contributed by atoms with van der Waals surface area (Å²) in [5.74, 6) is 1.40. The van der Waals surface area contributed by atoms with Gasteiger partial charge in [0.15, 0.2) is 11.5 Å². The van der Waals surface area contributed by atoms with Gasteiger partial charge in [0.2, 0.25) is 0 Å². The summed E-state index contributed by atoms with van der Waals surface area (Å²) in [7, 11) is 1.77. The number of hydrogen-bond acceptors (Lipinski definition) is 4. The van der Waals surface area contributed by atoms with Gasteiger partial charge in [-0.25, -0.2) is 9.97 Å². The van der Waals surface area contributed by atoms with Crippen LogP contribution >= 0.6 is 0 Å². The molecule has 0 aliphatic carbocycles. The van der Waals surface area contributed by atoms with Crippen LogP contribution in [0.15, 0.2) is 59.1 Å². The maximum Gasteiger partial charge on any atom is 0.254 e. The summed E-state index contributed by atoms with van der Waals surface area (Å²) >= 11 is 0. The number of H-pyrrole nitrogens is 1. The molecule has 0 aliphatic rings. The molecule has 29 heavy (non-hydrogen) atoms. The van der Waals surface area contributed by atoms with E-state index in [1.807, 2.05) is 19.1 Å². The van der Waals surface area contributed by atoms with Crippen molar-refractivity contribution < 1.29 is 9.21 Å². The van der Waals surface area contributed by atoms with Gasteiger partial charge in [-0.1, -0.05) is 30.3 Å². The Morgan fingerprint density at radius 1 is 1.14 bits per heavy atom. The normalized spacial score (nSPS) is 11.1. The second-order valence-corrected chi connectivity index (χ2v) is 7.30. The van der Waals surface area contributed by atoms with Gasteiger partial charge in [-0.05, 0) is 43.5 Å². The molecule has 148 valence electrons. The lowest BCUT2D eigenvalue weighted by molar-refractivity contribution is 0.0782. The smallest absolute Gasteiger partial charge is 0.254 e. The number of amides is 1. The van der Waals surface area contributed by atoms with Crippen molar-refractivity contribution in [3.8, 4) is 0 Å². The molecule has 4 rings (SSSR count). The minimum absolute atomic E-state index is 0.0745. The fourth-order valence-corrected chi connectivity index (χ4v) is 3.37. The summed E-state index contributed by atoms with van der Waals surface area (Å²) in [5, 5.41) is 0. The van der Waals surface area contributed by atoms with E-state index in [9.17, 15) is 4.79 Å². The van der Waals surface area contributed by atoms with E-state index in [1.165, 1.54) is 5.56 Å². The molecule has 6 nitrogen and oxygen atoms in total. The SMILES string of the molecule is Cc1cnc(CN(C)C(=O)c2ccc3oc(CCCc4ccccc4)nc3c2)[nH]1. The third-order valence-electron chi connectivity index (χ3n) is 4.87. The van der Waals surface area contributed by atoms with E-state index in [4.69, 9.17) is 4.42 Å². The van der Waals surface area contributed by atoms with Crippen LogP contribution in [0.3, 0.4) is 0 Å². The molecule has 2 aromatic carbocycles. The highest BCUT2D eigenvalue weighted by Gasteiger charge is 2.15. The van der Waals surface area contributed by atoms with Crippen molar-refractivity contribution in [2.45, 2.75) is 32.7 Å². The highest BCUT2D eigenvalue weighted by molar-refractivity contribution is 5.96. The van der Waals surface area contributed by atoms with Crippen molar-refractivity contribution >= 4 is 17.0 Å². The molecule has 4 aromatic rings. The molecule has 1 amide bonds. The summed E-state index contributed by atoms with van der Waals surface area (Å²) < 4.78 is 5.85. The number of aromatic nitrogens is 3. The lowest BCUT2D eigenvalue weighted by atomic mass is 10.1. The third kappa shape index (κ3) is 4.54. The van der Waals surface area contributed by atoms with Crippen molar-refractivity contribution in [2.75, 3.05) is 7.05 Å². The van der Waals surface area contributed by atoms with Gasteiger partial charge >= 0.3 is 0 Å². The number of imidazole rings is 1. The van der Waals surface area contributed by atoms with Gasteiger partial charge in [-0.3, -0.25) is 4.79 Å². The van der Waals surface area contributed by atoms with Gasteiger partial charge in [0.25, 0.3) is 5.91 Å². The molecule has 0 radical (unpaired) electrons. The molecular weight excluding hydrogens is 364 g/mol. The number of carbonyl (C=O) groups is 1. The quantitative estimate of drug-likeness (QED) is 0.512. The molecule has 6 heteroatoms. The van der Waals surface area contributed by atoms with E-state index in [0.717, 1.165) is 30.8 Å². The molecular formula is C23H24N4O2. The Labute approximate surface area is 169 Å². The molecule has 0 saturated heterocycles. The fraction of sp³-hybridized carbons (Fsp3) is 0.261. The summed E-state index contributed by atoms with van der Waals surface area (Å²) in [4.78, 5) is 26.4. The Hall–Kier alpha value is -3.41. The number of oxazole rings is 1. The zero-order valence-corrected chi connectivity index (χ0v) is 16.7. The predicted octanol–water partition coefficient (Wildman–Crippen LogP) is 4.31. The van der Waals surface area contributed by atoms with Crippen LogP contribution in [-0.4, -0.2) is 32.8 Å². The summed E-state index contributed by atoms with van der Waals surface area (Å²) in [6.07, 6.45) is 4.48. The number of benzene rings is 2. The minimum Gasteiger partial charge on any atom is -0.441 e. The second-order valence-electron chi connectivity index (χ2n) is 7.30. The largest absolute Gasteiger partial charge is 0.441 e. The van der Waals surface area contributed by atoms with Crippen molar-refractivity contribution in [1.29, 1.82) is 0 Å². The van der Waals surface area contributed by atoms with E-state index in [1.54, 1.807) is 30.3 Å². The zero-order chi connectivity index (χ0) is 20.2. The van der Waals surface area contributed by atoms with E-state index in [-0.39, 0.29) is 5.91 Å². The van der Waals surface area contributed by atoms with Crippen LogP contribution in [0.4, 0.5) is 0 Å². The molecule has 1 N–H and O–H groups in total. The summed E-state index contributed by atoms with van der Waals surface area (Å²) in [6.45, 7) is 2.36. The highest BCUT2D eigenvalue weighted by Crippen LogP contribution is 2.20. The Morgan fingerprint density at radius 3 is 2.72 bits per heavy atom. The van der Waals surface area contributed by atoms with Gasteiger partial charge in [-0.2, -0.15) is 0 Å². The first-order chi connectivity index (χ1) is 14.1. The minimum atomic E-state index is -0.0745. The second kappa shape index (κ2) is 8.31. The number of aromatic amines is 1. The fourth-order valence-electron chi connectivity index (χ4n) is 3.37. The molecule has 2 heterocycles. The molecule has 0 spiro atoms. The number of hydrogen-bond donors (Lipinski definition) is 1. The van der Waals surface area contributed by atoms with E-state index in [0.29, 0.717) is 29.1 Å². The average molecular weight is 388 g/mol. The van der Waals surface area contributed by atoms with E-state index in [2.05, 4.69) is 39.2 Å². The van der Waals surface area contributed by atoms with Crippen LogP contribution in [-0.2, 0) is 19.4 Å². The van der Waals surface area contributed by atoms with Gasteiger partial charge in [0.05, 0.1) is 6.54 Å². The monoisotopic (exact) mass is 388 g/mol. The van der Waals surface area contributed by atoms with Crippen LogP contribution in [0.25, 0.3) is 11.1 Å². The standard InChI is InChI=1S/C23H24N4O2/c1-16-14-24-21(25-16)15-27(2)23(28)18-11-12-20-19(13-18)26-22(29-20)10-6-9-17-7-4-3-5-8-17/h3-5,7-8,11-14H,6,9-10,15H2,1-2H3,(H,24,25). The van der Waals surface area contributed by atoms with E-state index < -0.39 is 0 Å². The molecule has 0 fully saturated rings. The maximum absolute atomic E-state index is 12.8. The Kier molecular flexibility index (Phi) is 5.42. The first kappa shape index (κ1) is 18.9. The molecule has 2 aromatic heterocycles. The lowest BCUT2D eigenvalue weighted by Crippen LogP contribution is -2.26. The predicted molar refractivity (Wildman–Crippen MR) is 112 cm³/mol.